The molecule has 27 heavy (non-hydrogen) atoms. The van der Waals surface area contributed by atoms with Gasteiger partial charge in [0, 0.05) is 16.6 Å². The zero-order valence-electron chi connectivity index (χ0n) is 14.6. The number of hydrogen-bond donors (Lipinski definition) is 1. The summed E-state index contributed by atoms with van der Waals surface area (Å²) in [5.74, 6) is -0.946. The first-order valence-electron chi connectivity index (χ1n) is 8.40. The molecule has 0 fully saturated rings. The van der Waals surface area contributed by atoms with Gasteiger partial charge in [-0.1, -0.05) is 24.3 Å². The molecule has 0 aliphatic carbocycles. The molecule has 2 amide bonds. The van der Waals surface area contributed by atoms with Crippen molar-refractivity contribution in [3.05, 3.63) is 71.8 Å². The summed E-state index contributed by atoms with van der Waals surface area (Å²) in [4.78, 5) is 38.1. The molecule has 0 aromatic heterocycles. The Morgan fingerprint density at radius 2 is 1.70 bits per heavy atom. The van der Waals surface area contributed by atoms with E-state index in [1.54, 1.807) is 30.3 Å². The first-order chi connectivity index (χ1) is 13.1. The van der Waals surface area contributed by atoms with Crippen molar-refractivity contribution in [1.82, 2.24) is 0 Å². The molecular weight excluding hydrogens is 344 g/mol. The van der Waals surface area contributed by atoms with Gasteiger partial charge in [-0.05, 0) is 41.8 Å². The number of rotatable bonds is 4. The van der Waals surface area contributed by atoms with Gasteiger partial charge < -0.3 is 10.1 Å². The van der Waals surface area contributed by atoms with E-state index in [0.717, 1.165) is 16.5 Å². The van der Waals surface area contributed by atoms with Crippen LogP contribution >= 0.6 is 0 Å². The molecule has 1 N–H and O–H groups in total. The zero-order valence-corrected chi connectivity index (χ0v) is 14.6. The maximum Gasteiger partial charge on any atom is 0.337 e. The van der Waals surface area contributed by atoms with Crippen LogP contribution in [0.5, 0.6) is 0 Å². The maximum absolute atomic E-state index is 12.7. The zero-order chi connectivity index (χ0) is 19.0. The first-order valence-corrected chi connectivity index (χ1v) is 8.40. The van der Waals surface area contributed by atoms with Gasteiger partial charge in [0.15, 0.2) is 0 Å². The predicted octanol–water partition coefficient (Wildman–Crippen LogP) is 3.23. The molecule has 3 aromatic carbocycles. The SMILES string of the molecule is COC(=O)c1ccc(NC(=O)CN2C(=O)c3cccc4cccc2c34)cc1. The summed E-state index contributed by atoms with van der Waals surface area (Å²) in [6.45, 7) is -0.0919. The number of esters is 1. The van der Waals surface area contributed by atoms with Crippen molar-refractivity contribution >= 4 is 39.9 Å². The predicted molar refractivity (Wildman–Crippen MR) is 102 cm³/mol. The summed E-state index contributed by atoms with van der Waals surface area (Å²) in [7, 11) is 1.31. The van der Waals surface area contributed by atoms with Crippen LogP contribution in [-0.4, -0.2) is 31.4 Å². The Morgan fingerprint density at radius 1 is 1.00 bits per heavy atom. The van der Waals surface area contributed by atoms with Crippen molar-refractivity contribution in [2.24, 2.45) is 0 Å². The Morgan fingerprint density at radius 3 is 2.41 bits per heavy atom. The highest BCUT2D eigenvalue weighted by Gasteiger charge is 2.30. The van der Waals surface area contributed by atoms with E-state index in [1.807, 2.05) is 30.3 Å². The van der Waals surface area contributed by atoms with Gasteiger partial charge in [0.05, 0.1) is 18.4 Å². The number of ether oxygens (including phenoxy) is 1. The molecule has 0 saturated heterocycles. The number of hydrogen-bond acceptors (Lipinski definition) is 4. The third-order valence-corrected chi connectivity index (χ3v) is 4.54. The van der Waals surface area contributed by atoms with E-state index in [-0.39, 0.29) is 18.4 Å². The molecule has 1 aliphatic rings. The minimum absolute atomic E-state index is 0.0919. The fraction of sp³-hybridized carbons (Fsp3) is 0.0952. The lowest BCUT2D eigenvalue weighted by molar-refractivity contribution is -0.114. The average Bonchev–Trinajstić information content (AvgIpc) is 2.96. The number of nitrogens with zero attached hydrogens (tertiary/aromatic N) is 1. The molecule has 1 aliphatic heterocycles. The number of amides is 2. The van der Waals surface area contributed by atoms with E-state index >= 15 is 0 Å². The number of nitrogens with one attached hydrogen (secondary N) is 1. The Kier molecular flexibility index (Phi) is 4.08. The van der Waals surface area contributed by atoms with Crippen LogP contribution in [-0.2, 0) is 9.53 Å². The van der Waals surface area contributed by atoms with Crippen LogP contribution < -0.4 is 10.2 Å². The lowest BCUT2D eigenvalue weighted by Crippen LogP contribution is -2.35. The van der Waals surface area contributed by atoms with Crippen LogP contribution in [0.3, 0.4) is 0 Å². The van der Waals surface area contributed by atoms with Gasteiger partial charge in [-0.25, -0.2) is 4.79 Å². The fourth-order valence-electron chi connectivity index (χ4n) is 3.29. The average molecular weight is 360 g/mol. The molecule has 0 radical (unpaired) electrons. The summed E-state index contributed by atoms with van der Waals surface area (Å²) < 4.78 is 4.65. The summed E-state index contributed by atoms with van der Waals surface area (Å²) in [5.41, 5.74) is 2.28. The molecule has 6 nitrogen and oxygen atoms in total. The van der Waals surface area contributed by atoms with Crippen molar-refractivity contribution < 1.29 is 19.1 Å². The van der Waals surface area contributed by atoms with Crippen LogP contribution in [0.4, 0.5) is 11.4 Å². The molecule has 3 aromatic rings. The van der Waals surface area contributed by atoms with Crippen molar-refractivity contribution in [3.8, 4) is 0 Å². The monoisotopic (exact) mass is 360 g/mol. The van der Waals surface area contributed by atoms with Crippen molar-refractivity contribution in [2.45, 2.75) is 0 Å². The number of anilines is 2. The summed E-state index contributed by atoms with van der Waals surface area (Å²) in [6.07, 6.45) is 0. The lowest BCUT2D eigenvalue weighted by Gasteiger charge is -2.17. The van der Waals surface area contributed by atoms with Crippen molar-refractivity contribution in [2.75, 3.05) is 23.9 Å². The van der Waals surface area contributed by atoms with Gasteiger partial charge in [-0.3, -0.25) is 14.5 Å². The van der Waals surface area contributed by atoms with Gasteiger partial charge >= 0.3 is 5.97 Å². The van der Waals surface area contributed by atoms with Gasteiger partial charge in [-0.2, -0.15) is 0 Å². The Hall–Kier alpha value is -3.67. The standard InChI is InChI=1S/C21H16N2O4/c1-27-21(26)14-8-10-15(11-9-14)22-18(24)12-23-17-7-3-5-13-4-2-6-16(19(13)17)20(23)25/h2-11H,12H2,1H3,(H,22,24). The van der Waals surface area contributed by atoms with E-state index in [1.165, 1.54) is 12.0 Å². The fourth-order valence-corrected chi connectivity index (χ4v) is 3.29. The second-order valence-corrected chi connectivity index (χ2v) is 6.19. The minimum atomic E-state index is -0.443. The third kappa shape index (κ3) is 2.91. The van der Waals surface area contributed by atoms with E-state index < -0.39 is 5.97 Å². The molecule has 4 rings (SSSR count). The summed E-state index contributed by atoms with van der Waals surface area (Å²) >= 11 is 0. The Bertz CT molecular complexity index is 1070. The Labute approximate surface area is 155 Å². The minimum Gasteiger partial charge on any atom is -0.465 e. The lowest BCUT2D eigenvalue weighted by atomic mass is 10.1. The highest BCUT2D eigenvalue weighted by atomic mass is 16.5. The van der Waals surface area contributed by atoms with Crippen molar-refractivity contribution in [3.63, 3.8) is 0 Å². The van der Waals surface area contributed by atoms with E-state index in [4.69, 9.17) is 0 Å². The quantitative estimate of drug-likeness (QED) is 0.725. The number of benzene rings is 3. The molecule has 0 saturated carbocycles. The highest BCUT2D eigenvalue weighted by molar-refractivity contribution is 6.26. The number of carbonyl (C=O) groups is 3. The van der Waals surface area contributed by atoms with E-state index in [2.05, 4.69) is 10.1 Å². The van der Waals surface area contributed by atoms with Crippen LogP contribution in [0, 0.1) is 0 Å². The van der Waals surface area contributed by atoms with Gasteiger partial charge in [0.2, 0.25) is 5.91 Å². The smallest absolute Gasteiger partial charge is 0.337 e. The molecule has 1 heterocycles. The van der Waals surface area contributed by atoms with Gasteiger partial charge in [0.25, 0.3) is 5.91 Å². The summed E-state index contributed by atoms with van der Waals surface area (Å²) in [5, 5.41) is 4.59. The Balaban J connectivity index is 1.52. The largest absolute Gasteiger partial charge is 0.465 e. The van der Waals surface area contributed by atoms with E-state index in [0.29, 0.717) is 16.8 Å². The first kappa shape index (κ1) is 16.8. The maximum atomic E-state index is 12.7. The van der Waals surface area contributed by atoms with Crippen molar-refractivity contribution in [1.29, 1.82) is 0 Å². The summed E-state index contributed by atoms with van der Waals surface area (Å²) in [6, 6.07) is 17.6. The highest BCUT2D eigenvalue weighted by Crippen LogP contribution is 2.36. The van der Waals surface area contributed by atoms with E-state index in [9.17, 15) is 14.4 Å². The number of carbonyl (C=O) groups excluding carboxylic acids is 3. The van der Waals surface area contributed by atoms with Crippen LogP contribution in [0.25, 0.3) is 10.8 Å². The molecule has 0 atom stereocenters. The second kappa shape index (κ2) is 6.57. The van der Waals surface area contributed by atoms with Crippen LogP contribution in [0.15, 0.2) is 60.7 Å². The third-order valence-electron chi connectivity index (χ3n) is 4.54. The second-order valence-electron chi connectivity index (χ2n) is 6.19. The van der Waals surface area contributed by atoms with Gasteiger partial charge in [-0.15, -0.1) is 0 Å². The molecular formula is C21H16N2O4. The molecule has 0 spiro atoms. The molecule has 6 heteroatoms. The topological polar surface area (TPSA) is 75.7 Å². The van der Waals surface area contributed by atoms with Crippen LogP contribution in [0.2, 0.25) is 0 Å². The molecule has 0 unspecified atom stereocenters. The molecule has 0 bridgehead atoms. The normalized spacial score (nSPS) is 12.3. The molecule has 134 valence electrons. The van der Waals surface area contributed by atoms with Crippen LogP contribution in [0.1, 0.15) is 20.7 Å². The van der Waals surface area contributed by atoms with Gasteiger partial charge in [0.1, 0.15) is 6.54 Å². The number of methoxy groups -OCH3 is 1.